The number of thiazole rings is 1. The summed E-state index contributed by atoms with van der Waals surface area (Å²) in [4.78, 5) is 31.6. The minimum Gasteiger partial charge on any atom is -0.493 e. The van der Waals surface area contributed by atoms with E-state index in [-0.39, 0.29) is 24.3 Å². The van der Waals surface area contributed by atoms with Crippen LogP contribution in [0.15, 0.2) is 34.3 Å². The number of likely N-dealkylation sites (tertiary alicyclic amines) is 1. The van der Waals surface area contributed by atoms with Crippen molar-refractivity contribution in [1.82, 2.24) is 15.0 Å². The Bertz CT molecular complexity index is 1110. The maximum absolute atomic E-state index is 13.2. The Morgan fingerprint density at radius 2 is 2.15 bits per heavy atom. The van der Waals surface area contributed by atoms with E-state index in [0.717, 1.165) is 24.1 Å². The summed E-state index contributed by atoms with van der Waals surface area (Å²) in [6.45, 7) is 4.94. The molecule has 4 rings (SSSR count). The number of carbonyl (C=O) groups excluding carboxylic acids is 2. The number of hydrogen-bond acceptors (Lipinski definition) is 8. The van der Waals surface area contributed by atoms with Gasteiger partial charge in [0.2, 0.25) is 5.91 Å². The lowest BCUT2D eigenvalue weighted by Gasteiger charge is -2.32. The summed E-state index contributed by atoms with van der Waals surface area (Å²) in [7, 11) is 1.53. The van der Waals surface area contributed by atoms with Gasteiger partial charge in [0.05, 0.1) is 24.3 Å². The minimum absolute atomic E-state index is 0.108. The molecule has 1 aliphatic rings. The summed E-state index contributed by atoms with van der Waals surface area (Å²) < 4.78 is 16.5. The fraction of sp³-hybridized carbons (Fsp3) is 0.391. The summed E-state index contributed by atoms with van der Waals surface area (Å²) >= 11 is 1.37. The number of benzene rings is 1. The van der Waals surface area contributed by atoms with Crippen molar-refractivity contribution in [3.63, 3.8) is 0 Å². The van der Waals surface area contributed by atoms with Crippen LogP contribution in [-0.2, 0) is 11.4 Å². The molecule has 1 aliphatic heterocycles. The fourth-order valence-corrected chi connectivity index (χ4v) is 4.36. The minimum atomic E-state index is -0.272. The van der Waals surface area contributed by atoms with Gasteiger partial charge < -0.3 is 24.2 Å². The van der Waals surface area contributed by atoms with E-state index < -0.39 is 0 Å². The largest absolute Gasteiger partial charge is 0.493 e. The van der Waals surface area contributed by atoms with Crippen molar-refractivity contribution in [2.45, 2.75) is 33.3 Å². The Morgan fingerprint density at radius 1 is 1.30 bits per heavy atom. The lowest BCUT2D eigenvalue weighted by molar-refractivity contribution is -0.121. The number of hydrogen-bond donors (Lipinski definition) is 1. The molecule has 0 saturated carbocycles. The number of piperidine rings is 1. The van der Waals surface area contributed by atoms with Gasteiger partial charge in [-0.05, 0) is 44.9 Å². The van der Waals surface area contributed by atoms with Crippen molar-refractivity contribution in [3.8, 4) is 11.5 Å². The zero-order chi connectivity index (χ0) is 23.4. The molecule has 1 atom stereocenters. The van der Waals surface area contributed by atoms with Crippen molar-refractivity contribution in [2.24, 2.45) is 5.92 Å². The molecule has 10 heteroatoms. The van der Waals surface area contributed by atoms with Gasteiger partial charge >= 0.3 is 0 Å². The Kier molecular flexibility index (Phi) is 6.93. The quantitative estimate of drug-likeness (QED) is 0.559. The van der Waals surface area contributed by atoms with Gasteiger partial charge in [0.1, 0.15) is 12.4 Å². The first-order valence-corrected chi connectivity index (χ1v) is 11.6. The van der Waals surface area contributed by atoms with Crippen LogP contribution in [0, 0.1) is 19.8 Å². The molecular formula is C23H26N4O5S. The van der Waals surface area contributed by atoms with E-state index in [1.807, 2.05) is 19.2 Å². The number of aryl methyl sites for hydroxylation is 2. The summed E-state index contributed by atoms with van der Waals surface area (Å²) in [6, 6.07) is 5.11. The predicted molar refractivity (Wildman–Crippen MR) is 123 cm³/mol. The number of amides is 2. The number of aromatic nitrogens is 2. The molecule has 2 aromatic heterocycles. The Balaban J connectivity index is 1.42. The lowest BCUT2D eigenvalue weighted by atomic mass is 9.96. The van der Waals surface area contributed by atoms with Gasteiger partial charge in [0.25, 0.3) is 5.91 Å². The number of carbonyl (C=O) groups is 2. The summed E-state index contributed by atoms with van der Waals surface area (Å²) in [5.74, 6) is 1.17. The third kappa shape index (κ3) is 5.16. The molecular weight excluding hydrogens is 444 g/mol. The molecule has 1 aromatic carbocycles. The Morgan fingerprint density at radius 3 is 2.85 bits per heavy atom. The highest BCUT2D eigenvalue weighted by Crippen LogP contribution is 2.31. The van der Waals surface area contributed by atoms with Crippen LogP contribution in [0.25, 0.3) is 0 Å². The van der Waals surface area contributed by atoms with E-state index in [0.29, 0.717) is 41.0 Å². The third-order valence-corrected chi connectivity index (χ3v) is 6.39. The van der Waals surface area contributed by atoms with Crippen LogP contribution in [0.3, 0.4) is 0 Å². The van der Waals surface area contributed by atoms with Gasteiger partial charge in [-0.15, -0.1) is 11.3 Å². The highest BCUT2D eigenvalue weighted by molar-refractivity contribution is 7.13. The second-order valence-electron chi connectivity index (χ2n) is 7.87. The average Bonchev–Trinajstić information content (AvgIpc) is 3.46. The fourth-order valence-electron chi connectivity index (χ4n) is 3.83. The normalized spacial score (nSPS) is 15.8. The summed E-state index contributed by atoms with van der Waals surface area (Å²) in [6.07, 6.45) is 3.14. The molecule has 1 unspecified atom stereocenters. The smallest absolute Gasteiger partial charge is 0.254 e. The molecule has 9 nitrogen and oxygen atoms in total. The Hall–Kier alpha value is -3.40. The van der Waals surface area contributed by atoms with Crippen LogP contribution in [0.1, 0.15) is 40.2 Å². The van der Waals surface area contributed by atoms with Crippen molar-refractivity contribution in [3.05, 3.63) is 52.4 Å². The topological polar surface area (TPSA) is 107 Å². The molecule has 0 bridgehead atoms. The summed E-state index contributed by atoms with van der Waals surface area (Å²) in [5.41, 5.74) is 2.14. The molecule has 1 saturated heterocycles. The number of ether oxygens (including phenoxy) is 2. The SMILES string of the molecule is COc1cc(C(=O)N2CCCC(C(=O)Nc3nccs3)C2)ccc1OCc1c(C)noc1C. The number of anilines is 1. The molecule has 2 amide bonds. The predicted octanol–water partition coefficient (Wildman–Crippen LogP) is 3.83. The van der Waals surface area contributed by atoms with Crippen molar-refractivity contribution < 1.29 is 23.6 Å². The van der Waals surface area contributed by atoms with Gasteiger partial charge in [-0.3, -0.25) is 9.59 Å². The third-order valence-electron chi connectivity index (χ3n) is 5.71. The van der Waals surface area contributed by atoms with E-state index in [9.17, 15) is 9.59 Å². The highest BCUT2D eigenvalue weighted by Gasteiger charge is 2.29. The first-order valence-electron chi connectivity index (χ1n) is 10.7. The lowest BCUT2D eigenvalue weighted by Crippen LogP contribution is -2.43. The van der Waals surface area contributed by atoms with E-state index >= 15 is 0 Å². The average molecular weight is 471 g/mol. The number of rotatable bonds is 7. The van der Waals surface area contributed by atoms with Gasteiger partial charge in [-0.1, -0.05) is 5.16 Å². The molecule has 0 radical (unpaired) electrons. The zero-order valence-electron chi connectivity index (χ0n) is 18.8. The molecule has 1 fully saturated rings. The van der Waals surface area contributed by atoms with Crippen molar-refractivity contribution >= 4 is 28.3 Å². The van der Waals surface area contributed by atoms with Crippen molar-refractivity contribution in [1.29, 1.82) is 0 Å². The van der Waals surface area contributed by atoms with Crippen LogP contribution in [-0.4, -0.2) is 47.1 Å². The molecule has 0 aliphatic carbocycles. The Labute approximate surface area is 195 Å². The zero-order valence-corrected chi connectivity index (χ0v) is 19.6. The molecule has 3 aromatic rings. The second-order valence-corrected chi connectivity index (χ2v) is 8.77. The van der Waals surface area contributed by atoms with Crippen LogP contribution in [0.5, 0.6) is 11.5 Å². The second kappa shape index (κ2) is 10.0. The monoisotopic (exact) mass is 470 g/mol. The van der Waals surface area contributed by atoms with Gasteiger partial charge in [0, 0.05) is 30.2 Å². The van der Waals surface area contributed by atoms with Gasteiger partial charge in [-0.25, -0.2) is 4.98 Å². The number of methoxy groups -OCH3 is 1. The van der Waals surface area contributed by atoms with E-state index in [2.05, 4.69) is 15.5 Å². The van der Waals surface area contributed by atoms with E-state index in [4.69, 9.17) is 14.0 Å². The molecule has 3 heterocycles. The molecule has 33 heavy (non-hydrogen) atoms. The maximum atomic E-state index is 13.2. The molecule has 1 N–H and O–H groups in total. The van der Waals surface area contributed by atoms with Gasteiger partial charge in [0.15, 0.2) is 16.6 Å². The van der Waals surface area contributed by atoms with Crippen LogP contribution in [0.4, 0.5) is 5.13 Å². The van der Waals surface area contributed by atoms with E-state index in [1.165, 1.54) is 18.4 Å². The van der Waals surface area contributed by atoms with Gasteiger partial charge in [-0.2, -0.15) is 0 Å². The van der Waals surface area contributed by atoms with E-state index in [1.54, 1.807) is 29.3 Å². The van der Waals surface area contributed by atoms with Crippen LogP contribution >= 0.6 is 11.3 Å². The van der Waals surface area contributed by atoms with Crippen LogP contribution < -0.4 is 14.8 Å². The first-order chi connectivity index (χ1) is 16.0. The summed E-state index contributed by atoms with van der Waals surface area (Å²) in [5, 5.41) is 9.14. The maximum Gasteiger partial charge on any atom is 0.254 e. The molecule has 0 spiro atoms. The van der Waals surface area contributed by atoms with Crippen molar-refractivity contribution in [2.75, 3.05) is 25.5 Å². The number of nitrogens with one attached hydrogen (secondary N) is 1. The van der Waals surface area contributed by atoms with Crippen LogP contribution in [0.2, 0.25) is 0 Å². The number of nitrogens with zero attached hydrogens (tertiary/aromatic N) is 3. The standard InChI is InChI=1S/C23H26N4O5S/c1-14-18(15(2)32-26-14)13-31-19-7-6-16(11-20(19)30-3)22(29)27-9-4-5-17(12-27)21(28)25-23-24-8-10-33-23/h6-8,10-11,17H,4-5,9,12-13H2,1-3H3,(H,24,25,28). The molecule has 174 valence electrons. The first kappa shape index (κ1) is 22.8. The highest BCUT2D eigenvalue weighted by atomic mass is 32.1.